The standard InChI is InChI=1S/C12H20N2S2/c1-5-11(6-15)7-16-12-13-9(3)8(2)10(4)14-12/h11,15H,5-7H2,1-4H3. The molecule has 0 aromatic carbocycles. The Balaban J connectivity index is 2.68. The third kappa shape index (κ3) is 3.67. The van der Waals surface area contributed by atoms with Crippen LogP contribution in [0.25, 0.3) is 0 Å². The van der Waals surface area contributed by atoms with Gasteiger partial charge in [0, 0.05) is 17.1 Å². The maximum atomic E-state index is 4.50. The molecule has 4 heteroatoms. The molecule has 1 aromatic rings. The minimum atomic E-state index is 0.652. The van der Waals surface area contributed by atoms with Crippen molar-refractivity contribution in [2.45, 2.75) is 39.3 Å². The molecule has 0 radical (unpaired) electrons. The van der Waals surface area contributed by atoms with Crippen LogP contribution < -0.4 is 0 Å². The topological polar surface area (TPSA) is 25.8 Å². The summed E-state index contributed by atoms with van der Waals surface area (Å²) in [6.07, 6.45) is 1.17. The number of thiol groups is 1. The van der Waals surface area contributed by atoms with Crippen LogP contribution in [-0.2, 0) is 0 Å². The summed E-state index contributed by atoms with van der Waals surface area (Å²) in [6, 6.07) is 0. The van der Waals surface area contributed by atoms with Crippen molar-refractivity contribution in [1.82, 2.24) is 9.97 Å². The van der Waals surface area contributed by atoms with Crippen LogP contribution in [-0.4, -0.2) is 21.5 Å². The molecule has 90 valence electrons. The Bertz CT molecular complexity index is 326. The van der Waals surface area contributed by atoms with Crippen molar-refractivity contribution in [2.24, 2.45) is 5.92 Å². The molecule has 1 rings (SSSR count). The Kier molecular flexibility index (Phi) is 5.62. The fourth-order valence-corrected chi connectivity index (χ4v) is 3.00. The second-order valence-electron chi connectivity index (χ2n) is 4.07. The van der Waals surface area contributed by atoms with Gasteiger partial charge in [-0.2, -0.15) is 12.6 Å². The highest BCUT2D eigenvalue weighted by Crippen LogP contribution is 2.21. The van der Waals surface area contributed by atoms with Crippen molar-refractivity contribution in [2.75, 3.05) is 11.5 Å². The lowest BCUT2D eigenvalue weighted by Gasteiger charge is -2.11. The molecule has 0 amide bonds. The number of aromatic nitrogens is 2. The van der Waals surface area contributed by atoms with Gasteiger partial charge in [0.05, 0.1) is 0 Å². The van der Waals surface area contributed by atoms with E-state index in [4.69, 9.17) is 0 Å². The lowest BCUT2D eigenvalue weighted by molar-refractivity contribution is 0.648. The van der Waals surface area contributed by atoms with Gasteiger partial charge in [-0.25, -0.2) is 9.97 Å². The highest BCUT2D eigenvalue weighted by Gasteiger charge is 2.08. The largest absolute Gasteiger partial charge is 0.228 e. The number of rotatable bonds is 5. The first-order valence-electron chi connectivity index (χ1n) is 5.64. The van der Waals surface area contributed by atoms with Crippen molar-refractivity contribution >= 4 is 24.4 Å². The fraction of sp³-hybridized carbons (Fsp3) is 0.667. The van der Waals surface area contributed by atoms with Crippen LogP contribution in [0.15, 0.2) is 5.16 Å². The predicted molar refractivity (Wildman–Crippen MR) is 74.6 cm³/mol. The molecular formula is C12H20N2S2. The van der Waals surface area contributed by atoms with Crippen LogP contribution in [0.3, 0.4) is 0 Å². The molecule has 0 saturated heterocycles. The summed E-state index contributed by atoms with van der Waals surface area (Å²) in [5, 5.41) is 0.904. The lowest BCUT2D eigenvalue weighted by Crippen LogP contribution is -2.05. The van der Waals surface area contributed by atoms with E-state index in [0.717, 1.165) is 28.0 Å². The van der Waals surface area contributed by atoms with Crippen LogP contribution in [0.1, 0.15) is 30.3 Å². The zero-order chi connectivity index (χ0) is 12.1. The highest BCUT2D eigenvalue weighted by molar-refractivity contribution is 7.99. The summed E-state index contributed by atoms with van der Waals surface area (Å²) in [6.45, 7) is 8.36. The number of nitrogens with zero attached hydrogens (tertiary/aromatic N) is 2. The molecule has 0 spiro atoms. The van der Waals surface area contributed by atoms with E-state index >= 15 is 0 Å². The zero-order valence-corrected chi connectivity index (χ0v) is 12.2. The van der Waals surface area contributed by atoms with Gasteiger partial charge in [0.15, 0.2) is 5.16 Å². The van der Waals surface area contributed by atoms with Crippen molar-refractivity contribution in [3.8, 4) is 0 Å². The lowest BCUT2D eigenvalue weighted by atomic mass is 10.2. The predicted octanol–water partition coefficient (Wildman–Crippen LogP) is 3.45. The molecule has 16 heavy (non-hydrogen) atoms. The monoisotopic (exact) mass is 256 g/mol. The smallest absolute Gasteiger partial charge is 0.188 e. The second kappa shape index (κ2) is 6.50. The molecule has 0 saturated carbocycles. The van der Waals surface area contributed by atoms with E-state index < -0.39 is 0 Å². The Labute approximate surface area is 108 Å². The van der Waals surface area contributed by atoms with Crippen LogP contribution in [0, 0.1) is 26.7 Å². The van der Waals surface area contributed by atoms with Gasteiger partial charge in [-0.05, 0) is 38.0 Å². The SMILES string of the molecule is CCC(CS)CSc1nc(C)c(C)c(C)n1. The molecule has 0 aliphatic rings. The minimum absolute atomic E-state index is 0.652. The van der Waals surface area contributed by atoms with Crippen LogP contribution in [0.4, 0.5) is 0 Å². The molecule has 0 bridgehead atoms. The van der Waals surface area contributed by atoms with Gasteiger partial charge in [-0.1, -0.05) is 25.1 Å². The van der Waals surface area contributed by atoms with Crippen molar-refractivity contribution in [1.29, 1.82) is 0 Å². The van der Waals surface area contributed by atoms with Gasteiger partial charge in [-0.15, -0.1) is 0 Å². The Morgan fingerprint density at radius 1 is 1.19 bits per heavy atom. The molecule has 1 heterocycles. The second-order valence-corrected chi connectivity index (χ2v) is 5.42. The van der Waals surface area contributed by atoms with E-state index in [1.807, 2.05) is 13.8 Å². The first-order valence-corrected chi connectivity index (χ1v) is 7.25. The van der Waals surface area contributed by atoms with Gasteiger partial charge in [0.1, 0.15) is 0 Å². The Morgan fingerprint density at radius 2 is 1.75 bits per heavy atom. The molecule has 1 atom stereocenters. The molecule has 0 aliphatic carbocycles. The summed E-state index contributed by atoms with van der Waals surface area (Å²) in [4.78, 5) is 9.00. The molecule has 0 N–H and O–H groups in total. The quantitative estimate of drug-likeness (QED) is 0.496. The van der Waals surface area contributed by atoms with Gasteiger partial charge in [0.25, 0.3) is 0 Å². The number of aryl methyl sites for hydroxylation is 2. The molecular weight excluding hydrogens is 236 g/mol. The minimum Gasteiger partial charge on any atom is -0.228 e. The summed E-state index contributed by atoms with van der Waals surface area (Å²) < 4.78 is 0. The fourth-order valence-electron chi connectivity index (χ4n) is 1.30. The summed E-state index contributed by atoms with van der Waals surface area (Å²) in [5.74, 6) is 2.65. The van der Waals surface area contributed by atoms with E-state index in [2.05, 4.69) is 36.4 Å². The van der Waals surface area contributed by atoms with E-state index in [9.17, 15) is 0 Å². The normalized spacial score (nSPS) is 12.8. The molecule has 0 fully saturated rings. The zero-order valence-electron chi connectivity index (χ0n) is 10.4. The summed E-state index contributed by atoms with van der Waals surface area (Å²) >= 11 is 6.09. The Hall–Kier alpha value is -0.220. The number of hydrogen-bond acceptors (Lipinski definition) is 4. The molecule has 2 nitrogen and oxygen atoms in total. The molecule has 1 unspecified atom stereocenters. The number of thioether (sulfide) groups is 1. The van der Waals surface area contributed by atoms with Gasteiger partial charge >= 0.3 is 0 Å². The Morgan fingerprint density at radius 3 is 2.19 bits per heavy atom. The van der Waals surface area contributed by atoms with Gasteiger partial charge in [-0.3, -0.25) is 0 Å². The van der Waals surface area contributed by atoms with Crippen LogP contribution >= 0.6 is 24.4 Å². The summed E-state index contributed by atoms with van der Waals surface area (Å²) in [7, 11) is 0. The van der Waals surface area contributed by atoms with E-state index in [1.54, 1.807) is 11.8 Å². The number of hydrogen-bond donors (Lipinski definition) is 1. The first kappa shape index (κ1) is 13.8. The van der Waals surface area contributed by atoms with E-state index in [0.29, 0.717) is 5.92 Å². The maximum Gasteiger partial charge on any atom is 0.188 e. The molecule has 1 aromatic heterocycles. The molecule has 0 aliphatic heterocycles. The first-order chi connectivity index (χ1) is 7.58. The van der Waals surface area contributed by atoms with Gasteiger partial charge in [0.2, 0.25) is 0 Å². The van der Waals surface area contributed by atoms with Crippen LogP contribution in [0.2, 0.25) is 0 Å². The van der Waals surface area contributed by atoms with E-state index in [1.165, 1.54) is 12.0 Å². The maximum absolute atomic E-state index is 4.50. The average molecular weight is 256 g/mol. The third-order valence-electron chi connectivity index (χ3n) is 2.90. The summed E-state index contributed by atoms with van der Waals surface area (Å²) in [5.41, 5.74) is 3.38. The third-order valence-corrected chi connectivity index (χ3v) is 4.49. The van der Waals surface area contributed by atoms with Crippen molar-refractivity contribution < 1.29 is 0 Å². The van der Waals surface area contributed by atoms with Crippen molar-refractivity contribution in [3.63, 3.8) is 0 Å². The van der Waals surface area contributed by atoms with Crippen molar-refractivity contribution in [3.05, 3.63) is 17.0 Å². The van der Waals surface area contributed by atoms with E-state index in [-0.39, 0.29) is 0 Å². The van der Waals surface area contributed by atoms with Crippen LogP contribution in [0.5, 0.6) is 0 Å². The highest BCUT2D eigenvalue weighted by atomic mass is 32.2. The average Bonchev–Trinajstić information content (AvgIpc) is 2.27. The van der Waals surface area contributed by atoms with Gasteiger partial charge < -0.3 is 0 Å².